The van der Waals surface area contributed by atoms with Gasteiger partial charge in [0.15, 0.2) is 5.76 Å². The largest absolute Gasteiger partial charge is 0.385 e. The summed E-state index contributed by atoms with van der Waals surface area (Å²) in [5, 5.41) is 23.9. The van der Waals surface area contributed by atoms with Crippen LogP contribution in [0, 0.1) is 11.8 Å². The Kier molecular flexibility index (Phi) is 5.82. The van der Waals surface area contributed by atoms with Gasteiger partial charge in [-0.2, -0.15) is 0 Å². The van der Waals surface area contributed by atoms with Gasteiger partial charge in [0.25, 0.3) is 5.91 Å². The molecule has 0 unspecified atom stereocenters. The van der Waals surface area contributed by atoms with E-state index < -0.39 is 11.7 Å². The normalized spacial score (nSPS) is 17.5. The number of imidazole rings is 1. The third-order valence-corrected chi connectivity index (χ3v) is 6.17. The lowest BCUT2D eigenvalue weighted by atomic mass is 10.1. The molecule has 2 aliphatic rings. The van der Waals surface area contributed by atoms with Gasteiger partial charge in [0.2, 0.25) is 0 Å². The maximum Gasteiger partial charge on any atom is 0.254 e. The van der Waals surface area contributed by atoms with Crippen LogP contribution >= 0.6 is 0 Å². The first-order valence-corrected chi connectivity index (χ1v) is 11.4. The molecule has 8 nitrogen and oxygen atoms in total. The molecule has 0 saturated heterocycles. The topological polar surface area (TPSA) is 105 Å². The predicted octanol–water partition coefficient (Wildman–Crippen LogP) is 2.67. The SMILES string of the molecule is C[C@H](O)c1nccn1Cc1cc(-c2ccc(C#CC3=CCN(C(=O)C4(O)CC4)CC3)cc2)on1. The lowest BCUT2D eigenvalue weighted by molar-refractivity contribution is -0.142. The Morgan fingerprint density at radius 2 is 2.06 bits per heavy atom. The van der Waals surface area contributed by atoms with E-state index in [-0.39, 0.29) is 5.91 Å². The molecule has 2 N–H and O–H groups in total. The number of rotatable bonds is 5. The van der Waals surface area contributed by atoms with Crippen LogP contribution in [0.1, 0.15) is 49.4 Å². The molecule has 1 aliphatic heterocycles. The number of hydrogen-bond donors (Lipinski definition) is 2. The molecule has 8 heteroatoms. The van der Waals surface area contributed by atoms with Crippen molar-refractivity contribution in [3.05, 3.63) is 71.5 Å². The molecule has 0 bridgehead atoms. The van der Waals surface area contributed by atoms with Crippen LogP contribution in [-0.2, 0) is 11.3 Å². The number of amides is 1. The second kappa shape index (κ2) is 8.93. The fourth-order valence-electron chi connectivity index (χ4n) is 3.98. The average Bonchev–Trinajstić information content (AvgIpc) is 3.23. The van der Waals surface area contributed by atoms with E-state index in [2.05, 4.69) is 22.0 Å². The molecule has 1 fully saturated rings. The van der Waals surface area contributed by atoms with Crippen molar-refractivity contribution in [2.75, 3.05) is 13.1 Å². The quantitative estimate of drug-likeness (QED) is 0.570. The highest BCUT2D eigenvalue weighted by molar-refractivity contribution is 5.88. The molecule has 34 heavy (non-hydrogen) atoms. The van der Waals surface area contributed by atoms with Gasteiger partial charge in [-0.3, -0.25) is 4.79 Å². The van der Waals surface area contributed by atoms with Gasteiger partial charge in [0.05, 0.1) is 6.54 Å². The minimum absolute atomic E-state index is 0.157. The molecule has 174 valence electrons. The Bertz CT molecular complexity index is 1290. The Balaban J connectivity index is 1.21. The summed E-state index contributed by atoms with van der Waals surface area (Å²) in [5.41, 5.74) is 2.42. The fourth-order valence-corrected chi connectivity index (χ4v) is 3.98. The fraction of sp³-hybridized carbons (Fsp3) is 0.346. The maximum atomic E-state index is 12.2. The zero-order valence-corrected chi connectivity index (χ0v) is 18.9. The summed E-state index contributed by atoms with van der Waals surface area (Å²) in [6, 6.07) is 9.64. The highest BCUT2D eigenvalue weighted by Gasteiger charge is 2.50. The lowest BCUT2D eigenvalue weighted by Gasteiger charge is -2.27. The average molecular weight is 459 g/mol. The first kappa shape index (κ1) is 22.1. The predicted molar refractivity (Wildman–Crippen MR) is 124 cm³/mol. The van der Waals surface area contributed by atoms with Crippen molar-refractivity contribution < 1.29 is 19.5 Å². The summed E-state index contributed by atoms with van der Waals surface area (Å²) in [6.45, 7) is 3.23. The number of aliphatic hydroxyl groups is 2. The summed E-state index contributed by atoms with van der Waals surface area (Å²) in [7, 11) is 0. The highest BCUT2D eigenvalue weighted by Crippen LogP contribution is 2.37. The van der Waals surface area contributed by atoms with E-state index in [1.807, 2.05) is 41.0 Å². The van der Waals surface area contributed by atoms with Crippen molar-refractivity contribution in [2.24, 2.45) is 0 Å². The van der Waals surface area contributed by atoms with Gasteiger partial charge in [-0.05, 0) is 50.5 Å². The number of hydrogen-bond acceptors (Lipinski definition) is 6. The smallest absolute Gasteiger partial charge is 0.254 e. The van der Waals surface area contributed by atoms with Gasteiger partial charge >= 0.3 is 0 Å². The molecule has 3 aromatic rings. The van der Waals surface area contributed by atoms with Crippen LogP contribution in [0.2, 0.25) is 0 Å². The maximum absolute atomic E-state index is 12.2. The first-order valence-electron chi connectivity index (χ1n) is 11.4. The first-order chi connectivity index (χ1) is 16.4. The van der Waals surface area contributed by atoms with E-state index in [1.54, 1.807) is 24.2 Å². The summed E-state index contributed by atoms with van der Waals surface area (Å²) in [5.74, 6) is 7.46. The Morgan fingerprint density at radius 3 is 2.74 bits per heavy atom. The van der Waals surface area contributed by atoms with Crippen molar-refractivity contribution in [3.8, 4) is 23.2 Å². The summed E-state index contributed by atoms with van der Waals surface area (Å²) < 4.78 is 7.35. The monoisotopic (exact) mass is 458 g/mol. The van der Waals surface area contributed by atoms with Crippen LogP contribution in [0.25, 0.3) is 11.3 Å². The Labute approximate surface area is 197 Å². The molecular formula is C26H26N4O4. The van der Waals surface area contributed by atoms with Crippen molar-refractivity contribution in [1.82, 2.24) is 19.6 Å². The highest BCUT2D eigenvalue weighted by atomic mass is 16.5. The van der Waals surface area contributed by atoms with Crippen molar-refractivity contribution in [2.45, 2.75) is 44.4 Å². The van der Waals surface area contributed by atoms with Gasteiger partial charge < -0.3 is 24.2 Å². The lowest BCUT2D eigenvalue weighted by Crippen LogP contribution is -2.42. The van der Waals surface area contributed by atoms with Crippen LogP contribution in [0.15, 0.2) is 58.9 Å². The second-order valence-corrected chi connectivity index (χ2v) is 8.86. The molecule has 1 aromatic carbocycles. The minimum atomic E-state index is -1.11. The molecule has 1 amide bonds. The molecule has 0 radical (unpaired) electrons. The Hall–Kier alpha value is -3.67. The number of aliphatic hydroxyl groups excluding tert-OH is 1. The van der Waals surface area contributed by atoms with E-state index in [9.17, 15) is 15.0 Å². The van der Waals surface area contributed by atoms with Crippen molar-refractivity contribution in [1.29, 1.82) is 0 Å². The standard InChI is InChI=1S/C26H26N4O4/c1-18(31)24-27-12-15-30(24)17-22-16-23(34-28-22)21-6-4-19(5-7-21)2-3-20-8-13-29(14-9-20)25(32)26(33)10-11-26/h4-8,12,15-16,18,31,33H,9-11,13-14,17H2,1H3/t18-/m0/s1. The third kappa shape index (κ3) is 4.67. The zero-order chi connectivity index (χ0) is 23.7. The molecule has 5 rings (SSSR count). The number of nitrogens with zero attached hydrogens (tertiary/aromatic N) is 4. The molecule has 3 heterocycles. The minimum Gasteiger partial charge on any atom is -0.385 e. The van der Waals surface area contributed by atoms with Crippen LogP contribution in [0.5, 0.6) is 0 Å². The summed E-state index contributed by atoms with van der Waals surface area (Å²) in [4.78, 5) is 18.1. The second-order valence-electron chi connectivity index (χ2n) is 8.86. The molecular weight excluding hydrogens is 432 g/mol. The van der Waals surface area contributed by atoms with Crippen LogP contribution < -0.4 is 0 Å². The van der Waals surface area contributed by atoms with E-state index in [4.69, 9.17) is 4.52 Å². The molecule has 0 spiro atoms. The van der Waals surface area contributed by atoms with Gasteiger partial charge in [-0.25, -0.2) is 4.98 Å². The zero-order valence-electron chi connectivity index (χ0n) is 18.9. The van der Waals surface area contributed by atoms with Crippen molar-refractivity contribution >= 4 is 5.91 Å². The number of benzene rings is 1. The van der Waals surface area contributed by atoms with Gasteiger partial charge in [-0.15, -0.1) is 0 Å². The van der Waals surface area contributed by atoms with Gasteiger partial charge in [0.1, 0.15) is 23.2 Å². The molecule has 1 aliphatic carbocycles. The van der Waals surface area contributed by atoms with Crippen LogP contribution in [0.4, 0.5) is 0 Å². The van der Waals surface area contributed by atoms with Crippen LogP contribution in [0.3, 0.4) is 0 Å². The Morgan fingerprint density at radius 1 is 1.26 bits per heavy atom. The number of aromatic nitrogens is 3. The number of carbonyl (C=O) groups is 1. The van der Waals surface area contributed by atoms with E-state index in [1.165, 1.54) is 0 Å². The van der Waals surface area contributed by atoms with E-state index in [0.29, 0.717) is 50.5 Å². The third-order valence-electron chi connectivity index (χ3n) is 6.17. The van der Waals surface area contributed by atoms with E-state index >= 15 is 0 Å². The summed E-state index contributed by atoms with van der Waals surface area (Å²) in [6.07, 6.45) is 6.60. The molecule has 1 atom stereocenters. The van der Waals surface area contributed by atoms with E-state index in [0.717, 1.165) is 22.4 Å². The molecule has 2 aromatic heterocycles. The molecule has 1 saturated carbocycles. The van der Waals surface area contributed by atoms with Crippen LogP contribution in [-0.4, -0.2) is 54.4 Å². The summed E-state index contributed by atoms with van der Waals surface area (Å²) >= 11 is 0. The van der Waals surface area contributed by atoms with Gasteiger partial charge in [0, 0.05) is 48.2 Å². The van der Waals surface area contributed by atoms with Crippen molar-refractivity contribution in [3.63, 3.8) is 0 Å². The number of carbonyl (C=O) groups excluding carboxylic acids is 1. The van der Waals surface area contributed by atoms with Gasteiger partial charge in [-0.1, -0.05) is 23.1 Å².